The molecular weight excluding hydrogens is 296 g/mol. The lowest BCUT2D eigenvalue weighted by molar-refractivity contribution is -0.121. The summed E-state index contributed by atoms with van der Waals surface area (Å²) in [6.45, 7) is 3.34. The van der Waals surface area contributed by atoms with Crippen LogP contribution in [-0.4, -0.2) is 21.9 Å². The molecule has 1 atom stereocenters. The number of Topliss-reactive ketones (excluding diaryl/α,β-unsaturated/α-hetero) is 1. The average molecular weight is 310 g/mol. The molecule has 0 aliphatic carbocycles. The second kappa shape index (κ2) is 6.10. The van der Waals surface area contributed by atoms with E-state index in [4.69, 9.17) is 5.73 Å². The monoisotopic (exact) mass is 310 g/mol. The van der Waals surface area contributed by atoms with Gasteiger partial charge in [-0.2, -0.15) is 0 Å². The van der Waals surface area contributed by atoms with E-state index in [1.165, 1.54) is 29.6 Å². The van der Waals surface area contributed by atoms with Gasteiger partial charge in [0.25, 0.3) is 0 Å². The summed E-state index contributed by atoms with van der Waals surface area (Å²) < 4.78 is 0. The van der Waals surface area contributed by atoms with Crippen LogP contribution in [0.2, 0.25) is 0 Å². The fraction of sp³-hybridized carbons (Fsp3) is 0.333. The highest BCUT2D eigenvalue weighted by Gasteiger charge is 2.15. The smallest absolute Gasteiger partial charge is 0.225 e. The first-order chi connectivity index (χ1) is 9.45. The van der Waals surface area contributed by atoms with E-state index in [1.54, 1.807) is 6.07 Å². The maximum atomic E-state index is 11.9. The molecule has 106 valence electrons. The molecular formula is C12H14N4O2S2. The van der Waals surface area contributed by atoms with E-state index in [1.807, 2.05) is 12.3 Å². The number of anilines is 1. The van der Waals surface area contributed by atoms with Gasteiger partial charge in [0.05, 0.1) is 17.3 Å². The number of hydrogen-bond acceptors (Lipinski definition) is 7. The number of nitrogens with zero attached hydrogens (tertiary/aromatic N) is 2. The highest BCUT2D eigenvalue weighted by Crippen LogP contribution is 2.19. The lowest BCUT2D eigenvalue weighted by Gasteiger charge is -2.09. The van der Waals surface area contributed by atoms with E-state index >= 15 is 0 Å². The number of amides is 1. The van der Waals surface area contributed by atoms with Crippen molar-refractivity contribution in [1.82, 2.24) is 15.5 Å². The van der Waals surface area contributed by atoms with Gasteiger partial charge in [-0.25, -0.2) is 0 Å². The number of rotatable bonds is 5. The molecule has 0 spiro atoms. The van der Waals surface area contributed by atoms with Gasteiger partial charge in [0.2, 0.25) is 11.0 Å². The molecule has 1 unspecified atom stereocenters. The van der Waals surface area contributed by atoms with E-state index in [0.717, 1.165) is 5.56 Å². The number of nitrogens with one attached hydrogen (secondary N) is 1. The summed E-state index contributed by atoms with van der Waals surface area (Å²) in [4.78, 5) is 23.8. The quantitative estimate of drug-likeness (QED) is 0.821. The average Bonchev–Trinajstić information content (AvgIpc) is 2.98. The molecule has 2 aromatic rings. The Kier molecular flexibility index (Phi) is 4.46. The molecule has 1 amide bonds. The van der Waals surface area contributed by atoms with Gasteiger partial charge < -0.3 is 11.1 Å². The second-order valence-electron chi connectivity index (χ2n) is 4.32. The largest absolute Gasteiger partial charge is 0.374 e. The molecule has 2 heterocycles. The highest BCUT2D eigenvalue weighted by molar-refractivity contribution is 7.15. The maximum absolute atomic E-state index is 11.9. The number of ketones is 1. The summed E-state index contributed by atoms with van der Waals surface area (Å²) >= 11 is 2.60. The first-order valence-electron chi connectivity index (χ1n) is 5.92. The third-order valence-electron chi connectivity index (χ3n) is 2.57. The molecule has 2 rings (SSSR count). The first-order valence-corrected chi connectivity index (χ1v) is 7.62. The number of hydrogen-bond donors (Lipinski definition) is 2. The van der Waals surface area contributed by atoms with Crippen LogP contribution in [0, 0.1) is 0 Å². The summed E-state index contributed by atoms with van der Waals surface area (Å²) in [6.07, 6.45) is 0.238. The van der Waals surface area contributed by atoms with Crippen LogP contribution < -0.4 is 11.1 Å². The number of carbonyl (C=O) groups excluding carboxylic acids is 2. The van der Waals surface area contributed by atoms with Gasteiger partial charge in [0, 0.05) is 0 Å². The molecule has 0 bridgehead atoms. The topological polar surface area (TPSA) is 98.0 Å². The Labute approximate surface area is 124 Å². The van der Waals surface area contributed by atoms with Crippen LogP contribution in [0.25, 0.3) is 0 Å². The number of carbonyl (C=O) groups is 2. The number of aromatic nitrogens is 2. The molecule has 0 fully saturated rings. The fourth-order valence-electron chi connectivity index (χ4n) is 1.61. The Hall–Kier alpha value is -1.80. The van der Waals surface area contributed by atoms with Crippen molar-refractivity contribution in [3.05, 3.63) is 26.9 Å². The third-order valence-corrected chi connectivity index (χ3v) is 4.58. The molecule has 3 N–H and O–H groups in total. The Bertz CT molecular complexity index is 635. The lowest BCUT2D eigenvalue weighted by Crippen LogP contribution is -2.27. The molecule has 20 heavy (non-hydrogen) atoms. The Balaban J connectivity index is 1.93. The zero-order valence-corrected chi connectivity index (χ0v) is 12.7. The Morgan fingerprint density at radius 1 is 1.45 bits per heavy atom. The second-order valence-corrected chi connectivity index (χ2v) is 6.27. The van der Waals surface area contributed by atoms with Crippen LogP contribution in [0.5, 0.6) is 0 Å². The molecule has 8 heteroatoms. The van der Waals surface area contributed by atoms with Gasteiger partial charge in [-0.1, -0.05) is 11.3 Å². The molecule has 0 saturated carbocycles. The summed E-state index contributed by atoms with van der Waals surface area (Å²) in [5.41, 5.74) is 6.34. The van der Waals surface area contributed by atoms with E-state index in [2.05, 4.69) is 15.5 Å². The van der Waals surface area contributed by atoms with Crippen molar-refractivity contribution < 1.29 is 9.59 Å². The Morgan fingerprint density at radius 3 is 2.75 bits per heavy atom. The van der Waals surface area contributed by atoms with Gasteiger partial charge >= 0.3 is 0 Å². The molecule has 0 aromatic carbocycles. The SMILES string of the molecule is CC(=O)c1cc(CC(=O)NC(C)c2nnc(N)s2)cs1. The number of nitrogen functional groups attached to an aromatic ring is 1. The van der Waals surface area contributed by atoms with Crippen LogP contribution in [-0.2, 0) is 11.2 Å². The standard InChI is InChI=1S/C12H14N4O2S2/c1-6(11-15-16-12(13)20-11)14-10(18)4-8-3-9(7(2)17)19-5-8/h3,5-6H,4H2,1-2H3,(H2,13,16)(H,14,18). The molecule has 2 aromatic heterocycles. The molecule has 0 aliphatic heterocycles. The van der Waals surface area contributed by atoms with E-state index in [9.17, 15) is 9.59 Å². The number of thiophene rings is 1. The van der Waals surface area contributed by atoms with Crippen molar-refractivity contribution in [3.63, 3.8) is 0 Å². The van der Waals surface area contributed by atoms with Crippen molar-refractivity contribution in [2.45, 2.75) is 26.3 Å². The van der Waals surface area contributed by atoms with E-state index < -0.39 is 0 Å². The zero-order valence-electron chi connectivity index (χ0n) is 11.0. The van der Waals surface area contributed by atoms with Crippen LogP contribution in [0.3, 0.4) is 0 Å². The van der Waals surface area contributed by atoms with Crippen molar-refractivity contribution in [1.29, 1.82) is 0 Å². The predicted molar refractivity (Wildman–Crippen MR) is 78.9 cm³/mol. The fourth-order valence-corrected chi connectivity index (χ4v) is 3.04. The van der Waals surface area contributed by atoms with Crippen molar-refractivity contribution in [3.8, 4) is 0 Å². The van der Waals surface area contributed by atoms with Crippen LogP contribution in [0.4, 0.5) is 5.13 Å². The number of nitrogens with two attached hydrogens (primary N) is 1. The minimum atomic E-state index is -0.233. The Morgan fingerprint density at radius 2 is 2.20 bits per heavy atom. The molecule has 6 nitrogen and oxygen atoms in total. The predicted octanol–water partition coefficient (Wildman–Crippen LogP) is 1.80. The van der Waals surface area contributed by atoms with Gasteiger partial charge in [-0.15, -0.1) is 21.5 Å². The van der Waals surface area contributed by atoms with Gasteiger partial charge in [-0.05, 0) is 30.9 Å². The third kappa shape index (κ3) is 3.61. The summed E-state index contributed by atoms with van der Waals surface area (Å²) in [7, 11) is 0. The minimum Gasteiger partial charge on any atom is -0.374 e. The lowest BCUT2D eigenvalue weighted by atomic mass is 10.2. The molecule has 0 saturated heterocycles. The van der Waals surface area contributed by atoms with Crippen molar-refractivity contribution >= 4 is 39.5 Å². The van der Waals surface area contributed by atoms with E-state index in [0.29, 0.717) is 15.0 Å². The maximum Gasteiger partial charge on any atom is 0.225 e. The van der Waals surface area contributed by atoms with Crippen LogP contribution in [0.1, 0.15) is 40.1 Å². The van der Waals surface area contributed by atoms with Gasteiger partial charge in [-0.3, -0.25) is 9.59 Å². The van der Waals surface area contributed by atoms with E-state index in [-0.39, 0.29) is 24.2 Å². The summed E-state index contributed by atoms with van der Waals surface area (Å²) in [6, 6.07) is 1.52. The van der Waals surface area contributed by atoms with Crippen molar-refractivity contribution in [2.75, 3.05) is 5.73 Å². The minimum absolute atomic E-state index is 0.0133. The normalized spacial score (nSPS) is 12.1. The summed E-state index contributed by atoms with van der Waals surface area (Å²) in [5.74, 6) is -0.112. The van der Waals surface area contributed by atoms with Gasteiger partial charge in [0.1, 0.15) is 5.01 Å². The highest BCUT2D eigenvalue weighted by atomic mass is 32.1. The first kappa shape index (κ1) is 14.6. The summed E-state index contributed by atoms with van der Waals surface area (Å²) in [5, 5.41) is 13.3. The molecule has 0 radical (unpaired) electrons. The van der Waals surface area contributed by atoms with Gasteiger partial charge in [0.15, 0.2) is 5.78 Å². The zero-order chi connectivity index (χ0) is 14.7. The van der Waals surface area contributed by atoms with Crippen LogP contribution >= 0.6 is 22.7 Å². The van der Waals surface area contributed by atoms with Crippen LogP contribution in [0.15, 0.2) is 11.4 Å². The van der Waals surface area contributed by atoms with Crippen molar-refractivity contribution in [2.24, 2.45) is 0 Å². The molecule has 0 aliphatic rings.